The molecule has 7 nitrogen and oxygen atoms in total. The number of anilines is 1. The topological polar surface area (TPSA) is 112 Å². The normalized spacial score (nSPS) is 11.7. The fraction of sp³-hybridized carbons (Fsp3) is 0.0476. The van der Waals surface area contributed by atoms with Crippen LogP contribution in [0.25, 0.3) is 6.08 Å². The molecule has 0 aliphatic rings. The molecule has 3 rings (SSSR count). The minimum Gasteiger partial charge on any atom is -0.460 e. The molecule has 30 heavy (non-hydrogen) atoms. The molecule has 0 radical (unpaired) electrons. The van der Waals surface area contributed by atoms with Gasteiger partial charge in [-0.05, 0) is 48.5 Å². The second-order valence-corrected chi connectivity index (χ2v) is 8.28. The first-order chi connectivity index (χ1) is 14.4. The van der Waals surface area contributed by atoms with Gasteiger partial charge in [0, 0.05) is 16.8 Å². The largest absolute Gasteiger partial charge is 0.460 e. The van der Waals surface area contributed by atoms with Crippen LogP contribution < -0.4 is 10.0 Å². The van der Waals surface area contributed by atoms with Gasteiger partial charge in [0.05, 0.1) is 11.4 Å². The summed E-state index contributed by atoms with van der Waals surface area (Å²) in [5, 5.41) is 12.4. The van der Waals surface area contributed by atoms with Gasteiger partial charge in [-0.2, -0.15) is 5.26 Å². The van der Waals surface area contributed by atoms with Gasteiger partial charge >= 0.3 is 0 Å². The number of nitriles is 1. The van der Waals surface area contributed by atoms with Gasteiger partial charge in [-0.1, -0.05) is 29.8 Å². The number of carbonyl (C=O) groups is 1. The van der Waals surface area contributed by atoms with Gasteiger partial charge in [-0.25, -0.2) is 13.1 Å². The minimum atomic E-state index is -3.68. The number of halogens is 1. The van der Waals surface area contributed by atoms with Crippen LogP contribution in [0, 0.1) is 11.3 Å². The Morgan fingerprint density at radius 1 is 1.07 bits per heavy atom. The molecule has 152 valence electrons. The summed E-state index contributed by atoms with van der Waals surface area (Å²) in [6.45, 7) is -0.0794. The SMILES string of the molecule is N#C/C(=C/c1ccc(CNS(=O)(=O)c2ccccc2)o1)C(=O)Nc1ccc(Cl)cc1. The minimum absolute atomic E-state index is 0.0794. The second-order valence-electron chi connectivity index (χ2n) is 6.07. The van der Waals surface area contributed by atoms with Crippen molar-refractivity contribution in [2.75, 3.05) is 5.32 Å². The predicted molar refractivity (Wildman–Crippen MR) is 113 cm³/mol. The molecule has 1 aromatic heterocycles. The van der Waals surface area contributed by atoms with E-state index in [0.29, 0.717) is 16.5 Å². The Hall–Kier alpha value is -3.38. The summed E-state index contributed by atoms with van der Waals surface area (Å²) < 4.78 is 32.4. The lowest BCUT2D eigenvalue weighted by molar-refractivity contribution is -0.112. The highest BCUT2D eigenvalue weighted by Crippen LogP contribution is 2.17. The molecule has 2 aromatic carbocycles. The van der Waals surface area contributed by atoms with E-state index in [1.165, 1.54) is 18.2 Å². The summed E-state index contributed by atoms with van der Waals surface area (Å²) in [5.41, 5.74) is 0.316. The van der Waals surface area contributed by atoms with Crippen LogP contribution in [0.3, 0.4) is 0 Å². The number of sulfonamides is 1. The molecule has 0 spiro atoms. The maximum Gasteiger partial charge on any atom is 0.266 e. The average molecular weight is 442 g/mol. The van der Waals surface area contributed by atoms with Crippen LogP contribution in [0.15, 0.2) is 81.6 Å². The molecule has 0 saturated heterocycles. The molecular formula is C21H16ClN3O4S. The summed E-state index contributed by atoms with van der Waals surface area (Å²) in [5.74, 6) is -0.0366. The Morgan fingerprint density at radius 3 is 2.43 bits per heavy atom. The van der Waals surface area contributed by atoms with E-state index in [4.69, 9.17) is 16.0 Å². The average Bonchev–Trinajstić information content (AvgIpc) is 3.20. The third kappa shape index (κ3) is 5.58. The molecule has 1 heterocycles. The zero-order chi connectivity index (χ0) is 21.6. The van der Waals surface area contributed by atoms with Crippen LogP contribution in [-0.2, 0) is 21.4 Å². The smallest absolute Gasteiger partial charge is 0.266 e. The number of nitrogens with zero attached hydrogens (tertiary/aromatic N) is 1. The Balaban J connectivity index is 1.66. The fourth-order valence-corrected chi connectivity index (χ4v) is 3.58. The summed E-state index contributed by atoms with van der Waals surface area (Å²) in [7, 11) is -3.68. The summed E-state index contributed by atoms with van der Waals surface area (Å²) in [4.78, 5) is 12.4. The molecule has 0 unspecified atom stereocenters. The number of furan rings is 1. The van der Waals surface area contributed by atoms with Gasteiger partial charge in [-0.15, -0.1) is 0 Å². The number of hydrogen-bond donors (Lipinski definition) is 2. The Labute approximate surface area is 178 Å². The van der Waals surface area contributed by atoms with E-state index in [2.05, 4.69) is 10.0 Å². The van der Waals surface area contributed by atoms with E-state index in [-0.39, 0.29) is 22.8 Å². The highest BCUT2D eigenvalue weighted by Gasteiger charge is 2.15. The number of hydrogen-bond acceptors (Lipinski definition) is 5. The van der Waals surface area contributed by atoms with Crippen LogP contribution >= 0.6 is 11.6 Å². The molecule has 0 aliphatic heterocycles. The monoisotopic (exact) mass is 441 g/mol. The van der Waals surface area contributed by atoms with E-state index in [0.717, 1.165) is 0 Å². The number of amides is 1. The molecule has 0 saturated carbocycles. The van der Waals surface area contributed by atoms with Crippen molar-refractivity contribution in [1.29, 1.82) is 5.26 Å². The number of rotatable bonds is 7. The maximum absolute atomic E-state index is 12.3. The third-order valence-corrected chi connectivity index (χ3v) is 5.60. The Morgan fingerprint density at radius 2 is 1.77 bits per heavy atom. The molecule has 0 fully saturated rings. The van der Waals surface area contributed by atoms with Gasteiger partial charge in [0.2, 0.25) is 10.0 Å². The summed E-state index contributed by atoms with van der Waals surface area (Å²) in [6.07, 6.45) is 1.28. The van der Waals surface area contributed by atoms with Gasteiger partial charge in [-0.3, -0.25) is 4.79 Å². The standard InChI is InChI=1S/C21H16ClN3O4S/c22-16-6-8-17(9-7-16)25-21(26)15(13-23)12-18-10-11-19(29-18)14-24-30(27,28)20-4-2-1-3-5-20/h1-12,24H,14H2,(H,25,26)/b15-12-. The molecule has 3 aromatic rings. The Bertz CT molecular complexity index is 1210. The highest BCUT2D eigenvalue weighted by molar-refractivity contribution is 7.89. The zero-order valence-corrected chi connectivity index (χ0v) is 17.1. The van der Waals surface area contributed by atoms with Crippen molar-refractivity contribution >= 4 is 39.3 Å². The summed E-state index contributed by atoms with van der Waals surface area (Å²) >= 11 is 5.80. The van der Waals surface area contributed by atoms with Crippen molar-refractivity contribution in [3.63, 3.8) is 0 Å². The predicted octanol–water partition coefficient (Wildman–Crippen LogP) is 3.96. The highest BCUT2D eigenvalue weighted by atomic mass is 35.5. The fourth-order valence-electron chi connectivity index (χ4n) is 2.44. The first-order valence-electron chi connectivity index (χ1n) is 8.69. The van der Waals surface area contributed by atoms with Crippen LogP contribution in [0.2, 0.25) is 5.02 Å². The lowest BCUT2D eigenvalue weighted by atomic mass is 10.2. The molecule has 0 bridgehead atoms. The van der Waals surface area contributed by atoms with E-state index >= 15 is 0 Å². The zero-order valence-electron chi connectivity index (χ0n) is 15.5. The first-order valence-corrected chi connectivity index (χ1v) is 10.6. The quantitative estimate of drug-likeness (QED) is 0.425. The molecular weight excluding hydrogens is 426 g/mol. The van der Waals surface area contributed by atoms with Crippen molar-refractivity contribution in [3.05, 3.63) is 88.8 Å². The van der Waals surface area contributed by atoms with Crippen LogP contribution in [0.1, 0.15) is 11.5 Å². The molecule has 1 amide bonds. The van der Waals surface area contributed by atoms with Crippen LogP contribution in [0.4, 0.5) is 5.69 Å². The molecule has 2 N–H and O–H groups in total. The van der Waals surface area contributed by atoms with Gasteiger partial charge in [0.1, 0.15) is 23.2 Å². The van der Waals surface area contributed by atoms with Crippen molar-refractivity contribution in [1.82, 2.24) is 4.72 Å². The molecule has 0 atom stereocenters. The maximum atomic E-state index is 12.3. The Kier molecular flexibility index (Phi) is 6.69. The first kappa shape index (κ1) is 21.3. The number of benzene rings is 2. The number of carbonyl (C=O) groups excluding carboxylic acids is 1. The lowest BCUT2D eigenvalue weighted by Gasteiger charge is -2.05. The van der Waals surface area contributed by atoms with Crippen molar-refractivity contribution in [2.45, 2.75) is 11.4 Å². The van der Waals surface area contributed by atoms with Crippen molar-refractivity contribution in [2.24, 2.45) is 0 Å². The second kappa shape index (κ2) is 9.41. The van der Waals surface area contributed by atoms with Crippen LogP contribution in [-0.4, -0.2) is 14.3 Å². The van der Waals surface area contributed by atoms with Crippen molar-refractivity contribution in [3.8, 4) is 6.07 Å². The molecule has 9 heteroatoms. The van der Waals surface area contributed by atoms with Gasteiger partial charge in [0.15, 0.2) is 0 Å². The van der Waals surface area contributed by atoms with Gasteiger partial charge in [0.25, 0.3) is 5.91 Å². The summed E-state index contributed by atoms with van der Waals surface area (Å²) in [6, 6.07) is 19.3. The van der Waals surface area contributed by atoms with E-state index in [1.54, 1.807) is 54.6 Å². The van der Waals surface area contributed by atoms with E-state index in [9.17, 15) is 18.5 Å². The van der Waals surface area contributed by atoms with E-state index in [1.807, 2.05) is 6.07 Å². The van der Waals surface area contributed by atoms with Crippen LogP contribution in [0.5, 0.6) is 0 Å². The van der Waals surface area contributed by atoms with Gasteiger partial charge < -0.3 is 9.73 Å². The lowest BCUT2D eigenvalue weighted by Crippen LogP contribution is -2.22. The van der Waals surface area contributed by atoms with E-state index < -0.39 is 15.9 Å². The number of nitrogens with one attached hydrogen (secondary N) is 2. The van der Waals surface area contributed by atoms with Crippen molar-refractivity contribution < 1.29 is 17.6 Å². The molecule has 0 aliphatic carbocycles. The third-order valence-electron chi connectivity index (χ3n) is 3.93.